The molecule has 0 aromatic heterocycles. The smallest absolute Gasteiger partial charge is 0.236 e. The van der Waals surface area contributed by atoms with Gasteiger partial charge in [0.05, 0.1) is 12.6 Å². The van der Waals surface area contributed by atoms with Crippen molar-refractivity contribution in [2.24, 2.45) is 0 Å². The lowest BCUT2D eigenvalue weighted by Gasteiger charge is -2.29. The fraction of sp³-hybridized carbons (Fsp3) is 0.917. The molecule has 1 amide bonds. The van der Waals surface area contributed by atoms with E-state index < -0.39 is 0 Å². The lowest BCUT2D eigenvalue weighted by atomic mass is 9.92. The van der Waals surface area contributed by atoms with Crippen LogP contribution in [0, 0.1) is 0 Å². The highest BCUT2D eigenvalue weighted by atomic mass is 16.3. The van der Waals surface area contributed by atoms with Crippen LogP contribution < -0.4 is 5.32 Å². The summed E-state index contributed by atoms with van der Waals surface area (Å²) in [6, 6.07) is 0.125. The number of nitrogens with zero attached hydrogens (tertiary/aromatic N) is 1. The summed E-state index contributed by atoms with van der Waals surface area (Å²) in [5.41, 5.74) is 0. The normalized spacial score (nSPS) is 30.7. The van der Waals surface area contributed by atoms with Crippen LogP contribution in [0.1, 0.15) is 38.5 Å². The zero-order chi connectivity index (χ0) is 11.4. The van der Waals surface area contributed by atoms with Crippen molar-refractivity contribution in [1.29, 1.82) is 0 Å². The van der Waals surface area contributed by atoms with Gasteiger partial charge in [0.2, 0.25) is 5.91 Å². The van der Waals surface area contributed by atoms with Crippen LogP contribution in [0.3, 0.4) is 0 Å². The van der Waals surface area contributed by atoms with Crippen molar-refractivity contribution in [2.45, 2.75) is 50.7 Å². The van der Waals surface area contributed by atoms with E-state index in [2.05, 4.69) is 5.32 Å². The molecule has 2 aliphatic rings. The molecule has 0 unspecified atom stereocenters. The number of nitrogens with one attached hydrogen (secondary N) is 1. The van der Waals surface area contributed by atoms with Gasteiger partial charge in [0.25, 0.3) is 0 Å². The summed E-state index contributed by atoms with van der Waals surface area (Å²) in [7, 11) is 0. The van der Waals surface area contributed by atoms with Crippen molar-refractivity contribution in [2.75, 3.05) is 19.6 Å². The second-order valence-corrected chi connectivity index (χ2v) is 4.93. The van der Waals surface area contributed by atoms with Gasteiger partial charge in [-0.15, -0.1) is 0 Å². The number of amides is 1. The largest absolute Gasteiger partial charge is 0.392 e. The van der Waals surface area contributed by atoms with Gasteiger partial charge in [0.15, 0.2) is 0 Å². The molecule has 2 atom stereocenters. The van der Waals surface area contributed by atoms with E-state index in [0.717, 1.165) is 51.6 Å². The van der Waals surface area contributed by atoms with Gasteiger partial charge in [0.1, 0.15) is 0 Å². The minimum Gasteiger partial charge on any atom is -0.392 e. The van der Waals surface area contributed by atoms with Crippen molar-refractivity contribution in [3.8, 4) is 0 Å². The van der Waals surface area contributed by atoms with E-state index in [1.165, 1.54) is 0 Å². The maximum atomic E-state index is 11.8. The molecule has 4 heteroatoms. The molecule has 1 aliphatic heterocycles. The van der Waals surface area contributed by atoms with Crippen LogP contribution in [0.4, 0.5) is 0 Å². The predicted octanol–water partition coefficient (Wildman–Crippen LogP) is 0.502. The highest BCUT2D eigenvalue weighted by Crippen LogP contribution is 2.18. The Morgan fingerprint density at radius 1 is 1.19 bits per heavy atom. The summed E-state index contributed by atoms with van der Waals surface area (Å²) >= 11 is 0. The molecular weight excluding hydrogens is 204 g/mol. The van der Waals surface area contributed by atoms with Gasteiger partial charge < -0.3 is 15.3 Å². The van der Waals surface area contributed by atoms with E-state index in [1.54, 1.807) is 0 Å². The number of hydrogen-bond acceptors (Lipinski definition) is 3. The minimum absolute atomic E-state index is 0.125. The Hall–Kier alpha value is -0.610. The molecule has 4 nitrogen and oxygen atoms in total. The van der Waals surface area contributed by atoms with E-state index in [1.807, 2.05) is 4.90 Å². The van der Waals surface area contributed by atoms with Gasteiger partial charge in [-0.2, -0.15) is 0 Å². The molecule has 1 heterocycles. The maximum absolute atomic E-state index is 11.8. The molecule has 0 spiro atoms. The van der Waals surface area contributed by atoms with E-state index in [4.69, 9.17) is 0 Å². The number of aliphatic hydroxyl groups excluding tert-OH is 1. The third-order valence-corrected chi connectivity index (χ3v) is 3.70. The molecule has 1 saturated carbocycles. The second-order valence-electron chi connectivity index (χ2n) is 4.93. The summed E-state index contributed by atoms with van der Waals surface area (Å²) in [4.78, 5) is 13.7. The number of rotatable bonds is 3. The Bertz CT molecular complexity index is 239. The minimum atomic E-state index is -0.264. The fourth-order valence-corrected chi connectivity index (χ4v) is 2.65. The molecule has 0 aromatic rings. The molecular formula is C12H22N2O2. The Morgan fingerprint density at radius 3 is 2.56 bits per heavy atom. The number of hydrogen-bond donors (Lipinski definition) is 2. The summed E-state index contributed by atoms with van der Waals surface area (Å²) in [5.74, 6) is 0.190. The number of aliphatic hydroxyl groups is 1. The molecule has 2 N–H and O–H groups in total. The van der Waals surface area contributed by atoms with Crippen molar-refractivity contribution >= 4 is 5.91 Å². The first kappa shape index (κ1) is 11.9. The Labute approximate surface area is 97.0 Å². The van der Waals surface area contributed by atoms with Crippen molar-refractivity contribution < 1.29 is 9.90 Å². The van der Waals surface area contributed by atoms with E-state index in [9.17, 15) is 9.90 Å². The Balaban J connectivity index is 1.71. The first-order chi connectivity index (χ1) is 7.77. The first-order valence-electron chi connectivity index (χ1n) is 6.46. The second kappa shape index (κ2) is 5.64. The quantitative estimate of drug-likeness (QED) is 0.737. The van der Waals surface area contributed by atoms with Crippen LogP contribution in [0.5, 0.6) is 0 Å². The van der Waals surface area contributed by atoms with Crippen LogP contribution in [-0.4, -0.2) is 47.7 Å². The number of carbonyl (C=O) groups is 1. The Kier molecular flexibility index (Phi) is 4.18. The third-order valence-electron chi connectivity index (χ3n) is 3.70. The van der Waals surface area contributed by atoms with Crippen LogP contribution in [0.15, 0.2) is 0 Å². The van der Waals surface area contributed by atoms with Gasteiger partial charge in [-0.05, 0) is 25.7 Å². The van der Waals surface area contributed by atoms with Crippen molar-refractivity contribution in [3.63, 3.8) is 0 Å². The first-order valence-corrected chi connectivity index (χ1v) is 6.46. The van der Waals surface area contributed by atoms with E-state index in [-0.39, 0.29) is 18.1 Å². The zero-order valence-corrected chi connectivity index (χ0v) is 9.82. The molecule has 0 bridgehead atoms. The van der Waals surface area contributed by atoms with Crippen LogP contribution >= 0.6 is 0 Å². The monoisotopic (exact) mass is 226 g/mol. The average molecular weight is 226 g/mol. The lowest BCUT2D eigenvalue weighted by molar-refractivity contribution is -0.129. The van der Waals surface area contributed by atoms with E-state index >= 15 is 0 Å². The molecule has 92 valence electrons. The summed E-state index contributed by atoms with van der Waals surface area (Å²) in [5, 5.41) is 13.0. The third kappa shape index (κ3) is 2.95. The summed E-state index contributed by atoms with van der Waals surface area (Å²) < 4.78 is 0. The van der Waals surface area contributed by atoms with Crippen molar-refractivity contribution in [1.82, 2.24) is 10.2 Å². The van der Waals surface area contributed by atoms with Gasteiger partial charge in [0, 0.05) is 19.1 Å². The fourth-order valence-electron chi connectivity index (χ4n) is 2.65. The highest BCUT2D eigenvalue weighted by Gasteiger charge is 2.24. The summed E-state index contributed by atoms with van der Waals surface area (Å²) in [6.45, 7) is 2.21. The molecule has 0 aromatic carbocycles. The molecule has 0 radical (unpaired) electrons. The number of carbonyl (C=O) groups excluding carboxylic acids is 1. The van der Waals surface area contributed by atoms with Gasteiger partial charge in [-0.3, -0.25) is 4.79 Å². The molecule has 1 saturated heterocycles. The van der Waals surface area contributed by atoms with Crippen LogP contribution in [-0.2, 0) is 4.79 Å². The van der Waals surface area contributed by atoms with Crippen LogP contribution in [0.2, 0.25) is 0 Å². The molecule has 16 heavy (non-hydrogen) atoms. The maximum Gasteiger partial charge on any atom is 0.236 e. The molecule has 2 fully saturated rings. The van der Waals surface area contributed by atoms with Crippen molar-refractivity contribution in [3.05, 3.63) is 0 Å². The van der Waals surface area contributed by atoms with Crippen LogP contribution in [0.25, 0.3) is 0 Å². The average Bonchev–Trinajstić information content (AvgIpc) is 2.81. The SMILES string of the molecule is O=C(CN[C@H]1CCCC[C@@H]1O)N1CCCC1. The van der Waals surface area contributed by atoms with E-state index in [0.29, 0.717) is 6.54 Å². The predicted molar refractivity (Wildman–Crippen MR) is 62.1 cm³/mol. The van der Waals surface area contributed by atoms with Gasteiger partial charge in [-0.1, -0.05) is 12.8 Å². The zero-order valence-electron chi connectivity index (χ0n) is 9.82. The van der Waals surface area contributed by atoms with Gasteiger partial charge >= 0.3 is 0 Å². The topological polar surface area (TPSA) is 52.6 Å². The van der Waals surface area contributed by atoms with Gasteiger partial charge in [-0.25, -0.2) is 0 Å². The standard InChI is InChI=1S/C12H22N2O2/c15-11-6-2-1-5-10(11)13-9-12(16)14-7-3-4-8-14/h10-11,13,15H,1-9H2/t10-,11-/m0/s1. The Morgan fingerprint density at radius 2 is 1.88 bits per heavy atom. The number of likely N-dealkylation sites (tertiary alicyclic amines) is 1. The molecule has 2 rings (SSSR count). The highest BCUT2D eigenvalue weighted by molar-refractivity contribution is 5.78. The molecule has 1 aliphatic carbocycles. The summed E-state index contributed by atoms with van der Waals surface area (Å²) in [6.07, 6.45) is 6.14. The lowest BCUT2D eigenvalue weighted by Crippen LogP contribution is -2.46.